The molecule has 1 aliphatic rings. The summed E-state index contributed by atoms with van der Waals surface area (Å²) in [7, 11) is 0. The first-order chi connectivity index (χ1) is 12.0. The molecule has 0 saturated carbocycles. The fourth-order valence-electron chi connectivity index (χ4n) is 2.85. The number of nitrogens with one attached hydrogen (secondary N) is 1. The normalized spacial score (nSPS) is 14.0. The molecule has 25 heavy (non-hydrogen) atoms. The smallest absolute Gasteiger partial charge is 0.194 e. The van der Waals surface area contributed by atoms with Crippen molar-refractivity contribution < 1.29 is 9.59 Å². The second kappa shape index (κ2) is 5.91. The summed E-state index contributed by atoms with van der Waals surface area (Å²) in [6, 6.07) is 12.0. The van der Waals surface area contributed by atoms with Crippen LogP contribution < -0.4 is 11.1 Å². The van der Waals surface area contributed by atoms with Crippen LogP contribution >= 0.6 is 11.3 Å². The standard InChI is InChI=1S/C19H15N3O2S/c1-10(20)16-9-25-19(22-16)21-11-6-7-14-15(8-11)18(24)13-5-3-2-4-12(13)17(14)23/h2-10H,20H2,1H3,(H,21,22). The van der Waals surface area contributed by atoms with Gasteiger partial charge in [-0.25, -0.2) is 4.98 Å². The number of nitrogens with two attached hydrogens (primary N) is 1. The average Bonchev–Trinajstić information content (AvgIpc) is 3.08. The Hall–Kier alpha value is -2.83. The Kier molecular flexibility index (Phi) is 3.71. The lowest BCUT2D eigenvalue weighted by atomic mass is 9.84. The molecule has 1 unspecified atom stereocenters. The zero-order valence-electron chi connectivity index (χ0n) is 13.4. The van der Waals surface area contributed by atoms with Crippen LogP contribution in [0.2, 0.25) is 0 Å². The molecule has 124 valence electrons. The van der Waals surface area contributed by atoms with Crippen molar-refractivity contribution >= 4 is 33.7 Å². The first kappa shape index (κ1) is 15.7. The fraction of sp³-hybridized carbons (Fsp3) is 0.105. The molecule has 1 atom stereocenters. The number of thiazole rings is 1. The summed E-state index contributed by atoms with van der Waals surface area (Å²) in [6.45, 7) is 1.87. The Morgan fingerprint density at radius 1 is 1.00 bits per heavy atom. The molecule has 1 aromatic heterocycles. The van der Waals surface area contributed by atoms with Gasteiger partial charge in [-0.05, 0) is 25.1 Å². The monoisotopic (exact) mass is 349 g/mol. The van der Waals surface area contributed by atoms with Gasteiger partial charge in [0, 0.05) is 39.4 Å². The Morgan fingerprint density at radius 2 is 1.64 bits per heavy atom. The maximum atomic E-state index is 12.7. The minimum absolute atomic E-state index is 0.120. The Labute approximate surface area is 148 Å². The highest BCUT2D eigenvalue weighted by molar-refractivity contribution is 7.13. The van der Waals surface area contributed by atoms with E-state index < -0.39 is 0 Å². The largest absolute Gasteiger partial charge is 0.332 e. The van der Waals surface area contributed by atoms with Crippen LogP contribution in [0.5, 0.6) is 0 Å². The van der Waals surface area contributed by atoms with Crippen LogP contribution in [-0.4, -0.2) is 16.6 Å². The molecule has 6 heteroatoms. The van der Waals surface area contributed by atoms with E-state index in [2.05, 4.69) is 10.3 Å². The second-order valence-electron chi connectivity index (χ2n) is 5.96. The molecule has 2 aromatic carbocycles. The lowest BCUT2D eigenvalue weighted by Gasteiger charge is -2.18. The topological polar surface area (TPSA) is 85.1 Å². The maximum Gasteiger partial charge on any atom is 0.194 e. The van der Waals surface area contributed by atoms with Crippen LogP contribution in [0.4, 0.5) is 10.8 Å². The summed E-state index contributed by atoms with van der Waals surface area (Å²) in [6.07, 6.45) is 0. The van der Waals surface area contributed by atoms with Crippen LogP contribution in [0, 0.1) is 0 Å². The first-order valence-electron chi connectivity index (χ1n) is 7.85. The number of anilines is 2. The first-order valence-corrected chi connectivity index (χ1v) is 8.73. The number of benzene rings is 2. The Balaban J connectivity index is 1.70. The quantitative estimate of drug-likeness (QED) is 0.589. The summed E-state index contributed by atoms with van der Waals surface area (Å²) in [5, 5.41) is 5.77. The van der Waals surface area contributed by atoms with Gasteiger partial charge >= 0.3 is 0 Å². The SMILES string of the molecule is CC(N)c1csc(Nc2ccc3c(c2)C(=O)c2ccccc2C3=O)n1. The molecule has 0 fully saturated rings. The number of ketones is 2. The van der Waals surface area contributed by atoms with E-state index in [0.717, 1.165) is 5.69 Å². The predicted molar refractivity (Wildman–Crippen MR) is 97.7 cm³/mol. The minimum Gasteiger partial charge on any atom is -0.332 e. The lowest BCUT2D eigenvalue weighted by molar-refractivity contribution is 0.0979. The van der Waals surface area contributed by atoms with E-state index in [4.69, 9.17) is 5.73 Å². The summed E-state index contributed by atoms with van der Waals surface area (Å²) < 4.78 is 0. The highest BCUT2D eigenvalue weighted by atomic mass is 32.1. The van der Waals surface area contributed by atoms with Crippen molar-refractivity contribution in [3.8, 4) is 0 Å². The molecule has 1 heterocycles. The summed E-state index contributed by atoms with van der Waals surface area (Å²) >= 11 is 1.45. The van der Waals surface area contributed by atoms with Gasteiger partial charge in [-0.15, -0.1) is 11.3 Å². The third-order valence-corrected chi connectivity index (χ3v) is 4.94. The Morgan fingerprint density at radius 3 is 2.28 bits per heavy atom. The Bertz CT molecular complexity index is 1010. The van der Waals surface area contributed by atoms with Crippen LogP contribution in [0.1, 0.15) is 50.5 Å². The van der Waals surface area contributed by atoms with Crippen LogP contribution in [0.15, 0.2) is 47.8 Å². The van der Waals surface area contributed by atoms with Gasteiger partial charge in [-0.3, -0.25) is 9.59 Å². The fourth-order valence-corrected chi connectivity index (χ4v) is 3.69. The molecule has 0 spiro atoms. The van der Waals surface area contributed by atoms with Gasteiger partial charge in [0.2, 0.25) is 0 Å². The average molecular weight is 349 g/mol. The molecular weight excluding hydrogens is 334 g/mol. The second-order valence-corrected chi connectivity index (χ2v) is 6.81. The predicted octanol–water partition coefficient (Wildman–Crippen LogP) is 3.68. The molecule has 0 bridgehead atoms. The number of hydrogen-bond donors (Lipinski definition) is 2. The zero-order chi connectivity index (χ0) is 17.6. The summed E-state index contributed by atoms with van der Waals surface area (Å²) in [4.78, 5) is 29.8. The van der Waals surface area contributed by atoms with Crippen molar-refractivity contribution in [3.63, 3.8) is 0 Å². The van der Waals surface area contributed by atoms with Gasteiger partial charge in [0.1, 0.15) is 0 Å². The number of fused-ring (bicyclic) bond motifs is 2. The zero-order valence-corrected chi connectivity index (χ0v) is 14.3. The van der Waals surface area contributed by atoms with Crippen LogP contribution in [0.3, 0.4) is 0 Å². The van der Waals surface area contributed by atoms with Crippen molar-refractivity contribution in [3.05, 3.63) is 75.8 Å². The van der Waals surface area contributed by atoms with E-state index in [1.807, 2.05) is 12.3 Å². The van der Waals surface area contributed by atoms with Gasteiger partial charge in [0.15, 0.2) is 16.7 Å². The van der Waals surface area contributed by atoms with Crippen LogP contribution in [0.25, 0.3) is 0 Å². The number of carbonyl (C=O) groups is 2. The van der Waals surface area contributed by atoms with E-state index in [9.17, 15) is 9.59 Å². The number of carbonyl (C=O) groups excluding carboxylic acids is 2. The maximum absolute atomic E-state index is 12.7. The molecule has 0 aliphatic heterocycles. The molecule has 5 nitrogen and oxygen atoms in total. The molecule has 4 rings (SSSR count). The third kappa shape index (κ3) is 2.65. The number of aromatic nitrogens is 1. The molecule has 0 saturated heterocycles. The van der Waals surface area contributed by atoms with Gasteiger partial charge in [-0.2, -0.15) is 0 Å². The summed E-state index contributed by atoms with van der Waals surface area (Å²) in [5.74, 6) is -0.255. The lowest BCUT2D eigenvalue weighted by Crippen LogP contribution is -2.20. The number of nitrogens with zero attached hydrogens (tertiary/aromatic N) is 1. The van der Waals surface area contributed by atoms with E-state index in [-0.39, 0.29) is 17.6 Å². The van der Waals surface area contributed by atoms with Gasteiger partial charge in [0.05, 0.1) is 5.69 Å². The third-order valence-electron chi connectivity index (χ3n) is 4.16. The van der Waals surface area contributed by atoms with E-state index in [0.29, 0.717) is 33.1 Å². The van der Waals surface area contributed by atoms with Gasteiger partial charge < -0.3 is 11.1 Å². The van der Waals surface area contributed by atoms with Crippen molar-refractivity contribution in [2.75, 3.05) is 5.32 Å². The highest BCUT2D eigenvalue weighted by Gasteiger charge is 2.29. The highest BCUT2D eigenvalue weighted by Crippen LogP contribution is 2.30. The van der Waals surface area contributed by atoms with Crippen molar-refractivity contribution in [2.24, 2.45) is 5.73 Å². The van der Waals surface area contributed by atoms with Gasteiger partial charge in [-0.1, -0.05) is 24.3 Å². The molecular formula is C19H15N3O2S. The van der Waals surface area contributed by atoms with E-state index in [1.165, 1.54) is 11.3 Å². The molecule has 0 amide bonds. The number of hydrogen-bond acceptors (Lipinski definition) is 6. The van der Waals surface area contributed by atoms with Crippen molar-refractivity contribution in [1.82, 2.24) is 4.98 Å². The van der Waals surface area contributed by atoms with Crippen molar-refractivity contribution in [1.29, 1.82) is 0 Å². The van der Waals surface area contributed by atoms with Crippen molar-refractivity contribution in [2.45, 2.75) is 13.0 Å². The number of rotatable bonds is 3. The molecule has 3 N–H and O–H groups in total. The van der Waals surface area contributed by atoms with E-state index in [1.54, 1.807) is 42.5 Å². The van der Waals surface area contributed by atoms with Crippen LogP contribution in [-0.2, 0) is 0 Å². The van der Waals surface area contributed by atoms with E-state index >= 15 is 0 Å². The molecule has 1 aliphatic carbocycles. The summed E-state index contributed by atoms with van der Waals surface area (Å²) in [5.41, 5.74) is 9.11. The van der Waals surface area contributed by atoms with Gasteiger partial charge in [0.25, 0.3) is 0 Å². The molecule has 3 aromatic rings. The molecule has 0 radical (unpaired) electrons. The minimum atomic E-state index is -0.135.